The fourth-order valence-electron chi connectivity index (χ4n) is 1.15. The predicted molar refractivity (Wildman–Crippen MR) is 70.7 cm³/mol. The van der Waals surface area contributed by atoms with Crippen molar-refractivity contribution in [2.75, 3.05) is 30.5 Å². The lowest BCUT2D eigenvalue weighted by atomic mass is 10.3. The van der Waals surface area contributed by atoms with E-state index in [1.807, 2.05) is 0 Å². The number of carbonyl (C=O) groups is 1. The van der Waals surface area contributed by atoms with Gasteiger partial charge < -0.3 is 10.1 Å². The molecule has 0 atom stereocenters. The highest BCUT2D eigenvalue weighted by Gasteiger charge is 2.09. The van der Waals surface area contributed by atoms with E-state index in [1.54, 1.807) is 12.3 Å². The topological polar surface area (TPSA) is 85.4 Å². The summed E-state index contributed by atoms with van der Waals surface area (Å²) in [5.41, 5.74) is 0.618. The molecule has 6 nitrogen and oxygen atoms in total. The van der Waals surface area contributed by atoms with Gasteiger partial charge in [-0.3, -0.25) is 4.79 Å². The van der Waals surface area contributed by atoms with Crippen molar-refractivity contribution in [3.8, 4) is 0 Å². The largest absolute Gasteiger partial charge is 0.469 e. The Hall–Kier alpha value is -1.15. The molecule has 0 amide bonds. The second-order valence-corrected chi connectivity index (χ2v) is 6.89. The first-order valence-corrected chi connectivity index (χ1v) is 8.12. The molecule has 1 aromatic rings. The summed E-state index contributed by atoms with van der Waals surface area (Å²) in [6.45, 7) is 1.94. The van der Waals surface area contributed by atoms with Crippen molar-refractivity contribution < 1.29 is 17.9 Å². The third-order valence-corrected chi connectivity index (χ3v) is 4.79. The molecule has 1 N–H and O–H groups in total. The zero-order chi connectivity index (χ0) is 13.6. The van der Waals surface area contributed by atoms with Crippen LogP contribution in [0.15, 0.2) is 5.38 Å². The molecular weight excluding hydrogens is 276 g/mol. The molecule has 0 spiro atoms. The summed E-state index contributed by atoms with van der Waals surface area (Å²) in [5, 5.41) is 5.28. The number of rotatable bonds is 7. The smallest absolute Gasteiger partial charge is 0.311 e. The third-order valence-electron chi connectivity index (χ3n) is 2.23. The van der Waals surface area contributed by atoms with Gasteiger partial charge in [0.2, 0.25) is 0 Å². The number of sulfone groups is 1. The van der Waals surface area contributed by atoms with E-state index in [0.717, 1.165) is 0 Å². The fourth-order valence-corrected chi connectivity index (χ4v) is 2.59. The number of nitrogens with zero attached hydrogens (tertiary/aromatic N) is 1. The van der Waals surface area contributed by atoms with Gasteiger partial charge in [0.05, 0.1) is 25.0 Å². The van der Waals surface area contributed by atoms with Gasteiger partial charge in [-0.1, -0.05) is 6.92 Å². The predicted octanol–water partition coefficient (Wildman–Crippen LogP) is 0.705. The van der Waals surface area contributed by atoms with Crippen LogP contribution < -0.4 is 5.32 Å². The van der Waals surface area contributed by atoms with E-state index < -0.39 is 9.84 Å². The highest BCUT2D eigenvalue weighted by molar-refractivity contribution is 7.91. The summed E-state index contributed by atoms with van der Waals surface area (Å²) in [6.07, 6.45) is 0.127. The van der Waals surface area contributed by atoms with Crippen molar-refractivity contribution in [1.82, 2.24) is 4.98 Å². The Morgan fingerprint density at radius 2 is 2.28 bits per heavy atom. The van der Waals surface area contributed by atoms with Crippen molar-refractivity contribution in [2.24, 2.45) is 0 Å². The maximum atomic E-state index is 11.3. The molecule has 0 aliphatic rings. The Bertz CT molecular complexity index is 496. The monoisotopic (exact) mass is 292 g/mol. The number of esters is 1. The number of hydrogen-bond acceptors (Lipinski definition) is 7. The van der Waals surface area contributed by atoms with Crippen LogP contribution in [0, 0.1) is 0 Å². The van der Waals surface area contributed by atoms with E-state index >= 15 is 0 Å². The average Bonchev–Trinajstić information content (AvgIpc) is 2.76. The van der Waals surface area contributed by atoms with Crippen molar-refractivity contribution in [2.45, 2.75) is 13.3 Å². The summed E-state index contributed by atoms with van der Waals surface area (Å²) >= 11 is 1.34. The van der Waals surface area contributed by atoms with Crippen LogP contribution in [0.1, 0.15) is 12.6 Å². The highest BCUT2D eigenvalue weighted by Crippen LogP contribution is 2.15. The number of nitrogens with one attached hydrogen (secondary N) is 1. The molecule has 0 aliphatic heterocycles. The van der Waals surface area contributed by atoms with Crippen molar-refractivity contribution in [3.05, 3.63) is 11.1 Å². The van der Waals surface area contributed by atoms with Crippen molar-refractivity contribution in [1.29, 1.82) is 0 Å². The molecule has 0 aliphatic carbocycles. The van der Waals surface area contributed by atoms with Crippen LogP contribution in [0.3, 0.4) is 0 Å². The lowest BCUT2D eigenvalue weighted by Crippen LogP contribution is -2.17. The molecule has 0 fully saturated rings. The third kappa shape index (κ3) is 5.01. The molecule has 1 rings (SSSR count). The van der Waals surface area contributed by atoms with Gasteiger partial charge in [-0.05, 0) is 0 Å². The molecule has 0 saturated heterocycles. The minimum Gasteiger partial charge on any atom is -0.469 e. The first-order valence-electron chi connectivity index (χ1n) is 5.42. The number of methoxy groups -OCH3 is 1. The molecule has 0 saturated carbocycles. The van der Waals surface area contributed by atoms with E-state index in [9.17, 15) is 13.2 Å². The lowest BCUT2D eigenvalue weighted by Gasteiger charge is -2.02. The van der Waals surface area contributed by atoms with E-state index in [2.05, 4.69) is 15.0 Å². The Morgan fingerprint density at radius 3 is 2.89 bits per heavy atom. The number of anilines is 1. The van der Waals surface area contributed by atoms with E-state index in [4.69, 9.17) is 0 Å². The molecule has 1 aromatic heterocycles. The van der Waals surface area contributed by atoms with Crippen molar-refractivity contribution >= 4 is 32.3 Å². The van der Waals surface area contributed by atoms with Gasteiger partial charge in [0.1, 0.15) is 0 Å². The number of hydrogen-bond donors (Lipinski definition) is 1. The number of ether oxygens (including phenoxy) is 1. The molecule has 1 heterocycles. The van der Waals surface area contributed by atoms with Crippen LogP contribution in [0.4, 0.5) is 5.13 Å². The van der Waals surface area contributed by atoms with Crippen LogP contribution in [-0.4, -0.2) is 44.5 Å². The van der Waals surface area contributed by atoms with E-state index in [1.165, 1.54) is 18.4 Å². The Balaban J connectivity index is 2.43. The van der Waals surface area contributed by atoms with Gasteiger partial charge in [0, 0.05) is 17.7 Å². The second-order valence-electron chi connectivity index (χ2n) is 3.56. The van der Waals surface area contributed by atoms with E-state index in [0.29, 0.717) is 17.4 Å². The van der Waals surface area contributed by atoms with Crippen LogP contribution in [0.5, 0.6) is 0 Å². The number of thiazole rings is 1. The molecule has 0 unspecified atom stereocenters. The van der Waals surface area contributed by atoms with Gasteiger partial charge in [0.15, 0.2) is 15.0 Å². The fraction of sp³-hybridized carbons (Fsp3) is 0.600. The Labute approximate surface area is 110 Å². The number of aromatic nitrogens is 1. The summed E-state index contributed by atoms with van der Waals surface area (Å²) < 4.78 is 27.1. The standard InChI is InChI=1S/C10H16N2O4S2/c1-3-18(14,15)5-4-11-10-12-8(7-17-10)6-9(13)16-2/h7H,3-6H2,1-2H3,(H,11,12). The Morgan fingerprint density at radius 1 is 1.56 bits per heavy atom. The second kappa shape index (κ2) is 6.69. The quantitative estimate of drug-likeness (QED) is 0.745. The first kappa shape index (κ1) is 14.9. The lowest BCUT2D eigenvalue weighted by molar-refractivity contribution is -0.139. The molecule has 8 heteroatoms. The number of carbonyl (C=O) groups excluding carboxylic acids is 1. The van der Waals surface area contributed by atoms with Crippen LogP contribution in [0.25, 0.3) is 0 Å². The zero-order valence-electron chi connectivity index (χ0n) is 10.3. The molecule has 18 heavy (non-hydrogen) atoms. The molecule has 0 bridgehead atoms. The van der Waals surface area contributed by atoms with Gasteiger partial charge in [-0.2, -0.15) is 0 Å². The molecular formula is C10H16N2O4S2. The average molecular weight is 292 g/mol. The maximum Gasteiger partial charge on any atom is 0.311 e. The van der Waals surface area contributed by atoms with Crippen LogP contribution in [0.2, 0.25) is 0 Å². The SMILES string of the molecule is CCS(=O)(=O)CCNc1nc(CC(=O)OC)cs1. The first-order chi connectivity index (χ1) is 8.46. The highest BCUT2D eigenvalue weighted by atomic mass is 32.2. The molecule has 0 aromatic carbocycles. The van der Waals surface area contributed by atoms with Gasteiger partial charge in [0.25, 0.3) is 0 Å². The maximum absolute atomic E-state index is 11.3. The minimum atomic E-state index is -2.97. The molecule has 0 radical (unpaired) electrons. The van der Waals surface area contributed by atoms with Gasteiger partial charge >= 0.3 is 5.97 Å². The normalized spacial score (nSPS) is 11.2. The summed E-state index contributed by atoms with van der Waals surface area (Å²) in [7, 11) is -1.64. The van der Waals surface area contributed by atoms with E-state index in [-0.39, 0.29) is 23.9 Å². The zero-order valence-corrected chi connectivity index (χ0v) is 11.9. The minimum absolute atomic E-state index is 0.0788. The van der Waals surface area contributed by atoms with Gasteiger partial charge in [-0.15, -0.1) is 11.3 Å². The van der Waals surface area contributed by atoms with Crippen LogP contribution >= 0.6 is 11.3 Å². The van der Waals surface area contributed by atoms with Crippen molar-refractivity contribution in [3.63, 3.8) is 0 Å². The van der Waals surface area contributed by atoms with Gasteiger partial charge in [-0.25, -0.2) is 13.4 Å². The molecule has 102 valence electrons. The summed E-state index contributed by atoms with van der Waals surface area (Å²) in [4.78, 5) is 15.2. The van der Waals surface area contributed by atoms with Crippen LogP contribution in [-0.2, 0) is 25.8 Å². The summed E-state index contributed by atoms with van der Waals surface area (Å²) in [5.74, 6) is -0.129. The summed E-state index contributed by atoms with van der Waals surface area (Å²) in [6, 6.07) is 0. The Kier molecular flexibility index (Phi) is 5.54.